The number of likely N-dealkylation sites (N-methyl/N-ethyl adjacent to an activating group) is 1. The van der Waals surface area contributed by atoms with Crippen LogP contribution in [0.1, 0.15) is 5.56 Å². The zero-order valence-corrected chi connectivity index (χ0v) is 14.2. The molecule has 1 aromatic heterocycles. The van der Waals surface area contributed by atoms with E-state index in [0.29, 0.717) is 18.3 Å². The second-order valence-electron chi connectivity index (χ2n) is 5.94. The molecule has 0 N–H and O–H groups in total. The highest BCUT2D eigenvalue weighted by atomic mass is 16.5. The molecule has 0 saturated carbocycles. The van der Waals surface area contributed by atoms with Gasteiger partial charge >= 0.3 is 0 Å². The summed E-state index contributed by atoms with van der Waals surface area (Å²) >= 11 is 0. The van der Waals surface area contributed by atoms with E-state index >= 15 is 0 Å². The predicted octanol–water partition coefficient (Wildman–Crippen LogP) is 3.65. The fourth-order valence-electron chi connectivity index (χ4n) is 2.26. The maximum Gasteiger partial charge on any atom is 0.258 e. The van der Waals surface area contributed by atoms with Crippen molar-refractivity contribution in [1.29, 1.82) is 0 Å². The van der Waals surface area contributed by atoms with Crippen LogP contribution in [0.25, 0.3) is 22.8 Å². The van der Waals surface area contributed by atoms with Gasteiger partial charge < -0.3 is 14.2 Å². The molecule has 0 aliphatic heterocycles. The van der Waals surface area contributed by atoms with Crippen molar-refractivity contribution in [1.82, 2.24) is 15.0 Å². The Bertz CT molecular complexity index is 794. The second kappa shape index (κ2) is 7.27. The number of aryl methyl sites for hydroxylation is 1. The Hall–Kier alpha value is -2.66. The molecule has 0 aliphatic carbocycles. The quantitative estimate of drug-likeness (QED) is 0.693. The monoisotopic (exact) mass is 323 g/mol. The molecule has 0 spiro atoms. The fourth-order valence-corrected chi connectivity index (χ4v) is 2.26. The summed E-state index contributed by atoms with van der Waals surface area (Å²) < 4.78 is 11.3. The van der Waals surface area contributed by atoms with Crippen molar-refractivity contribution in [2.75, 3.05) is 27.2 Å². The van der Waals surface area contributed by atoms with Crippen LogP contribution in [-0.4, -0.2) is 42.3 Å². The third kappa shape index (κ3) is 3.81. The van der Waals surface area contributed by atoms with E-state index in [1.807, 2.05) is 69.6 Å². The molecule has 0 bridgehead atoms. The lowest BCUT2D eigenvalue weighted by Crippen LogP contribution is -2.19. The van der Waals surface area contributed by atoms with Crippen LogP contribution in [0, 0.1) is 6.92 Å². The van der Waals surface area contributed by atoms with E-state index in [-0.39, 0.29) is 0 Å². The Morgan fingerprint density at radius 1 is 1.04 bits per heavy atom. The van der Waals surface area contributed by atoms with Crippen LogP contribution in [0.15, 0.2) is 53.1 Å². The van der Waals surface area contributed by atoms with Gasteiger partial charge in [-0.05, 0) is 45.3 Å². The summed E-state index contributed by atoms with van der Waals surface area (Å²) in [7, 11) is 4.03. The summed E-state index contributed by atoms with van der Waals surface area (Å²) in [6.07, 6.45) is 0. The highest BCUT2D eigenvalue weighted by molar-refractivity contribution is 5.65. The highest BCUT2D eigenvalue weighted by Crippen LogP contribution is 2.29. The standard InChI is InChI=1S/C19H21N3O2/c1-14-8-10-15(11-9-14)19-20-18(21-24-19)16-6-4-5-7-17(16)23-13-12-22(2)3/h4-11H,12-13H2,1-3H3. The first-order valence-electron chi connectivity index (χ1n) is 7.91. The molecule has 0 amide bonds. The van der Waals surface area contributed by atoms with Crippen molar-refractivity contribution in [2.45, 2.75) is 6.92 Å². The minimum absolute atomic E-state index is 0.507. The van der Waals surface area contributed by atoms with E-state index in [4.69, 9.17) is 9.26 Å². The van der Waals surface area contributed by atoms with Crippen LogP contribution >= 0.6 is 0 Å². The van der Waals surface area contributed by atoms with Gasteiger partial charge in [-0.1, -0.05) is 35.0 Å². The average molecular weight is 323 g/mol. The summed E-state index contributed by atoms with van der Waals surface area (Å²) in [5.74, 6) is 1.80. The van der Waals surface area contributed by atoms with Crippen molar-refractivity contribution in [3.8, 4) is 28.6 Å². The zero-order valence-electron chi connectivity index (χ0n) is 14.2. The number of nitrogens with zero attached hydrogens (tertiary/aromatic N) is 3. The average Bonchev–Trinajstić information content (AvgIpc) is 3.05. The number of hydrogen-bond donors (Lipinski definition) is 0. The summed E-state index contributed by atoms with van der Waals surface area (Å²) in [4.78, 5) is 6.59. The van der Waals surface area contributed by atoms with Gasteiger partial charge in [0.15, 0.2) is 0 Å². The molecule has 3 aromatic rings. The molecule has 0 fully saturated rings. The smallest absolute Gasteiger partial charge is 0.258 e. The molecule has 24 heavy (non-hydrogen) atoms. The van der Waals surface area contributed by atoms with Crippen molar-refractivity contribution in [2.24, 2.45) is 0 Å². The number of ether oxygens (including phenoxy) is 1. The van der Waals surface area contributed by atoms with Crippen LogP contribution < -0.4 is 4.74 Å². The molecule has 0 saturated heterocycles. The summed E-state index contributed by atoms with van der Waals surface area (Å²) in [6.45, 7) is 3.49. The number of aromatic nitrogens is 2. The fraction of sp³-hybridized carbons (Fsp3) is 0.263. The van der Waals surface area contributed by atoms with E-state index in [1.165, 1.54) is 5.56 Å². The first kappa shape index (κ1) is 16.2. The number of para-hydroxylation sites is 1. The topological polar surface area (TPSA) is 51.4 Å². The Kier molecular flexibility index (Phi) is 4.91. The maximum absolute atomic E-state index is 5.87. The van der Waals surface area contributed by atoms with Crippen molar-refractivity contribution in [3.05, 3.63) is 54.1 Å². The van der Waals surface area contributed by atoms with Gasteiger partial charge in [-0.15, -0.1) is 0 Å². The first-order valence-corrected chi connectivity index (χ1v) is 7.91. The minimum atomic E-state index is 0.507. The summed E-state index contributed by atoms with van der Waals surface area (Å²) in [6, 6.07) is 15.8. The Morgan fingerprint density at radius 3 is 2.54 bits per heavy atom. The van der Waals surface area contributed by atoms with Crippen LogP contribution in [0.3, 0.4) is 0 Å². The van der Waals surface area contributed by atoms with E-state index < -0.39 is 0 Å². The van der Waals surface area contributed by atoms with Crippen LogP contribution in [0.5, 0.6) is 5.75 Å². The Morgan fingerprint density at radius 2 is 1.79 bits per heavy atom. The molecule has 0 radical (unpaired) electrons. The van der Waals surface area contributed by atoms with Gasteiger partial charge in [-0.3, -0.25) is 0 Å². The summed E-state index contributed by atoms with van der Waals surface area (Å²) in [5.41, 5.74) is 2.93. The van der Waals surface area contributed by atoms with Gasteiger partial charge in [0.05, 0.1) is 5.56 Å². The number of benzene rings is 2. The highest BCUT2D eigenvalue weighted by Gasteiger charge is 2.14. The van der Waals surface area contributed by atoms with E-state index in [0.717, 1.165) is 23.4 Å². The third-order valence-corrected chi connectivity index (χ3v) is 3.65. The zero-order chi connectivity index (χ0) is 16.9. The molecule has 5 heteroatoms. The number of rotatable bonds is 6. The largest absolute Gasteiger partial charge is 0.491 e. The Balaban J connectivity index is 1.83. The molecule has 1 heterocycles. The molecule has 5 nitrogen and oxygen atoms in total. The minimum Gasteiger partial charge on any atom is -0.491 e. The van der Waals surface area contributed by atoms with Crippen molar-refractivity contribution in [3.63, 3.8) is 0 Å². The summed E-state index contributed by atoms with van der Waals surface area (Å²) in [5, 5.41) is 4.11. The third-order valence-electron chi connectivity index (χ3n) is 3.65. The van der Waals surface area contributed by atoms with E-state index in [2.05, 4.69) is 15.0 Å². The van der Waals surface area contributed by atoms with Gasteiger partial charge in [0.2, 0.25) is 5.82 Å². The van der Waals surface area contributed by atoms with Crippen LogP contribution in [-0.2, 0) is 0 Å². The predicted molar refractivity (Wildman–Crippen MR) is 94.0 cm³/mol. The van der Waals surface area contributed by atoms with Crippen molar-refractivity contribution >= 4 is 0 Å². The molecule has 3 rings (SSSR count). The first-order chi connectivity index (χ1) is 11.6. The van der Waals surface area contributed by atoms with Gasteiger partial charge in [0.25, 0.3) is 5.89 Å². The van der Waals surface area contributed by atoms with Gasteiger partial charge in [-0.25, -0.2) is 0 Å². The van der Waals surface area contributed by atoms with E-state index in [1.54, 1.807) is 0 Å². The van der Waals surface area contributed by atoms with Crippen LogP contribution in [0.4, 0.5) is 0 Å². The van der Waals surface area contributed by atoms with E-state index in [9.17, 15) is 0 Å². The van der Waals surface area contributed by atoms with Crippen LogP contribution in [0.2, 0.25) is 0 Å². The molecule has 2 aromatic carbocycles. The van der Waals surface area contributed by atoms with Crippen molar-refractivity contribution < 1.29 is 9.26 Å². The molecule has 0 atom stereocenters. The normalized spacial score (nSPS) is 11.0. The molecule has 124 valence electrons. The lowest BCUT2D eigenvalue weighted by molar-refractivity contribution is 0.262. The Labute approximate surface area is 141 Å². The molecular weight excluding hydrogens is 302 g/mol. The SMILES string of the molecule is Cc1ccc(-c2nc(-c3ccccc3OCCN(C)C)no2)cc1. The lowest BCUT2D eigenvalue weighted by Gasteiger charge is -2.12. The second-order valence-corrected chi connectivity index (χ2v) is 5.94. The number of hydrogen-bond acceptors (Lipinski definition) is 5. The van der Waals surface area contributed by atoms with Gasteiger partial charge in [0.1, 0.15) is 12.4 Å². The molecular formula is C19H21N3O2. The molecule has 0 aliphatic rings. The maximum atomic E-state index is 5.87. The molecule has 0 unspecified atom stereocenters. The lowest BCUT2D eigenvalue weighted by atomic mass is 10.1. The van der Waals surface area contributed by atoms with Gasteiger partial charge in [0, 0.05) is 12.1 Å². The van der Waals surface area contributed by atoms with Gasteiger partial charge in [-0.2, -0.15) is 4.98 Å².